The van der Waals surface area contributed by atoms with Crippen LogP contribution in [0, 0.1) is 57.7 Å². The molecule has 0 spiro atoms. The van der Waals surface area contributed by atoms with Crippen molar-refractivity contribution in [2.75, 3.05) is 0 Å². The summed E-state index contributed by atoms with van der Waals surface area (Å²) in [4.78, 5) is 0. The molecule has 9 unspecified atom stereocenters. The van der Waals surface area contributed by atoms with Crippen LogP contribution in [0.5, 0.6) is 0 Å². The molecular formula is C28H50. The van der Waals surface area contributed by atoms with Gasteiger partial charge in [0.05, 0.1) is 0 Å². The fourth-order valence-corrected chi connectivity index (χ4v) is 9.71. The van der Waals surface area contributed by atoms with Gasteiger partial charge in [0.25, 0.3) is 0 Å². The van der Waals surface area contributed by atoms with Gasteiger partial charge in [-0.25, -0.2) is 0 Å². The molecule has 0 aromatic carbocycles. The summed E-state index contributed by atoms with van der Waals surface area (Å²) >= 11 is 0. The van der Waals surface area contributed by atoms with Crippen molar-refractivity contribution in [1.82, 2.24) is 0 Å². The molecule has 28 heavy (non-hydrogen) atoms. The Labute approximate surface area is 177 Å². The van der Waals surface area contributed by atoms with Gasteiger partial charge in [0.15, 0.2) is 0 Å². The van der Waals surface area contributed by atoms with E-state index in [1.165, 1.54) is 51.4 Å². The zero-order valence-electron chi connectivity index (χ0n) is 20.3. The molecule has 0 saturated heterocycles. The lowest BCUT2D eigenvalue weighted by Crippen LogP contribution is -2.57. The third kappa shape index (κ3) is 3.13. The lowest BCUT2D eigenvalue weighted by Gasteiger charge is -2.65. The Morgan fingerprint density at radius 3 is 2.25 bits per heavy atom. The van der Waals surface area contributed by atoms with Gasteiger partial charge >= 0.3 is 0 Å². The number of fused-ring (bicyclic) bond motifs is 5. The fourth-order valence-electron chi connectivity index (χ4n) is 9.71. The second-order valence-electron chi connectivity index (χ2n) is 13.4. The summed E-state index contributed by atoms with van der Waals surface area (Å²) in [5.74, 6) is 6.89. The van der Waals surface area contributed by atoms with Crippen molar-refractivity contribution in [3.05, 3.63) is 0 Å². The summed E-state index contributed by atoms with van der Waals surface area (Å²) < 4.78 is 0. The zero-order chi connectivity index (χ0) is 20.3. The quantitative estimate of drug-likeness (QED) is 0.453. The molecule has 0 aliphatic heterocycles. The molecule has 0 heterocycles. The maximum absolute atomic E-state index is 2.75. The normalized spacial score (nSPS) is 52.1. The summed E-state index contributed by atoms with van der Waals surface area (Å²) in [5, 5.41) is 0. The topological polar surface area (TPSA) is 0 Å². The van der Waals surface area contributed by atoms with E-state index >= 15 is 0 Å². The SMILES string of the molecule is CC(C)CCC(C)C1CCC2C3CCC4(C)CC(C)CCC4(C)C3CCC12C. The predicted octanol–water partition coefficient (Wildman–Crippen LogP) is 8.74. The molecule has 9 atom stereocenters. The first kappa shape index (κ1) is 21.2. The molecule has 0 nitrogen and oxygen atoms in total. The van der Waals surface area contributed by atoms with E-state index in [-0.39, 0.29) is 0 Å². The molecule has 4 fully saturated rings. The van der Waals surface area contributed by atoms with E-state index in [0.29, 0.717) is 16.2 Å². The molecule has 0 aromatic rings. The van der Waals surface area contributed by atoms with Crippen molar-refractivity contribution < 1.29 is 0 Å². The maximum atomic E-state index is 2.75. The summed E-state index contributed by atoms with van der Waals surface area (Å²) in [6.45, 7) is 18.1. The maximum Gasteiger partial charge on any atom is -0.0241 e. The highest BCUT2D eigenvalue weighted by atomic mass is 14.7. The standard InChI is InChI=1S/C28H50/c1-19(2)8-9-21(4)23-10-11-24-22-13-15-26(5)18-20(3)12-17-28(26,7)25(22)14-16-27(23,24)6/h19-25H,8-18H2,1-7H3. The highest BCUT2D eigenvalue weighted by Gasteiger charge is 2.63. The van der Waals surface area contributed by atoms with Gasteiger partial charge in [-0.05, 0) is 109 Å². The predicted molar refractivity (Wildman–Crippen MR) is 122 cm³/mol. The third-order valence-electron chi connectivity index (χ3n) is 11.6. The van der Waals surface area contributed by atoms with Gasteiger partial charge in [-0.15, -0.1) is 0 Å². The van der Waals surface area contributed by atoms with E-state index in [2.05, 4.69) is 48.5 Å². The van der Waals surface area contributed by atoms with E-state index in [0.717, 1.165) is 41.4 Å². The molecule has 0 aromatic heterocycles. The van der Waals surface area contributed by atoms with Crippen LogP contribution in [0.4, 0.5) is 0 Å². The monoisotopic (exact) mass is 386 g/mol. The largest absolute Gasteiger partial charge is 0.0628 e. The summed E-state index contributed by atoms with van der Waals surface area (Å²) in [7, 11) is 0. The first-order chi connectivity index (χ1) is 13.1. The lowest BCUT2D eigenvalue weighted by molar-refractivity contribution is -0.161. The van der Waals surface area contributed by atoms with E-state index in [9.17, 15) is 0 Å². The second-order valence-corrected chi connectivity index (χ2v) is 13.4. The van der Waals surface area contributed by atoms with Crippen LogP contribution < -0.4 is 0 Å². The molecule has 0 radical (unpaired) electrons. The highest BCUT2D eigenvalue weighted by molar-refractivity contribution is 5.12. The minimum atomic E-state index is 0.627. The van der Waals surface area contributed by atoms with Crippen LogP contribution in [0.3, 0.4) is 0 Å². The average Bonchev–Trinajstić information content (AvgIpc) is 2.98. The van der Waals surface area contributed by atoms with Crippen molar-refractivity contribution in [3.63, 3.8) is 0 Å². The summed E-state index contributed by atoms with van der Waals surface area (Å²) in [6.07, 6.45) is 16.7. The third-order valence-corrected chi connectivity index (χ3v) is 11.6. The molecule has 4 saturated carbocycles. The van der Waals surface area contributed by atoms with E-state index in [1.54, 1.807) is 19.3 Å². The molecular weight excluding hydrogens is 336 g/mol. The van der Waals surface area contributed by atoms with Gasteiger partial charge in [-0.3, -0.25) is 0 Å². The molecule has 4 rings (SSSR count). The van der Waals surface area contributed by atoms with Crippen LogP contribution in [-0.2, 0) is 0 Å². The molecule has 0 heteroatoms. The summed E-state index contributed by atoms with van der Waals surface area (Å²) in [5.41, 5.74) is 1.91. The van der Waals surface area contributed by atoms with Crippen LogP contribution in [0.2, 0.25) is 0 Å². The molecule has 4 aliphatic rings. The second kappa shape index (κ2) is 7.30. The lowest BCUT2D eigenvalue weighted by atomic mass is 9.39. The number of hydrogen-bond donors (Lipinski definition) is 0. The Morgan fingerprint density at radius 2 is 1.54 bits per heavy atom. The van der Waals surface area contributed by atoms with Crippen molar-refractivity contribution in [2.45, 2.75) is 119 Å². The van der Waals surface area contributed by atoms with Crippen molar-refractivity contribution in [2.24, 2.45) is 57.7 Å². The van der Waals surface area contributed by atoms with Crippen molar-refractivity contribution >= 4 is 0 Å². The van der Waals surface area contributed by atoms with Crippen LogP contribution in [0.25, 0.3) is 0 Å². The minimum Gasteiger partial charge on any atom is -0.0628 e. The van der Waals surface area contributed by atoms with Gasteiger partial charge in [-0.1, -0.05) is 67.7 Å². The van der Waals surface area contributed by atoms with Crippen LogP contribution >= 0.6 is 0 Å². The first-order valence-electron chi connectivity index (χ1n) is 13.1. The van der Waals surface area contributed by atoms with E-state index < -0.39 is 0 Å². The zero-order valence-corrected chi connectivity index (χ0v) is 20.3. The van der Waals surface area contributed by atoms with Crippen LogP contribution in [-0.4, -0.2) is 0 Å². The summed E-state index contributed by atoms with van der Waals surface area (Å²) in [6, 6.07) is 0. The molecule has 4 aliphatic carbocycles. The Morgan fingerprint density at radius 1 is 0.786 bits per heavy atom. The van der Waals surface area contributed by atoms with Gasteiger partial charge in [-0.2, -0.15) is 0 Å². The smallest absolute Gasteiger partial charge is 0.0241 e. The number of hydrogen-bond acceptors (Lipinski definition) is 0. The first-order valence-corrected chi connectivity index (χ1v) is 13.1. The van der Waals surface area contributed by atoms with E-state index in [1.807, 2.05) is 0 Å². The molecule has 0 bridgehead atoms. The van der Waals surface area contributed by atoms with E-state index in [4.69, 9.17) is 0 Å². The number of rotatable bonds is 4. The van der Waals surface area contributed by atoms with Gasteiger partial charge in [0.1, 0.15) is 0 Å². The van der Waals surface area contributed by atoms with Gasteiger partial charge < -0.3 is 0 Å². The Hall–Kier alpha value is 0. The highest BCUT2D eigenvalue weighted by Crippen LogP contribution is 2.71. The van der Waals surface area contributed by atoms with Crippen LogP contribution in [0.15, 0.2) is 0 Å². The molecule has 162 valence electrons. The Balaban J connectivity index is 1.53. The Bertz CT molecular complexity index is 562. The minimum absolute atomic E-state index is 0.627. The average molecular weight is 387 g/mol. The van der Waals surface area contributed by atoms with Crippen molar-refractivity contribution in [3.8, 4) is 0 Å². The van der Waals surface area contributed by atoms with Crippen molar-refractivity contribution in [1.29, 1.82) is 0 Å². The molecule has 0 amide bonds. The fraction of sp³-hybridized carbons (Fsp3) is 1.00. The Kier molecular flexibility index (Phi) is 5.54. The van der Waals surface area contributed by atoms with Crippen LogP contribution in [0.1, 0.15) is 119 Å². The van der Waals surface area contributed by atoms with Gasteiger partial charge in [0.2, 0.25) is 0 Å². The van der Waals surface area contributed by atoms with Gasteiger partial charge in [0, 0.05) is 0 Å². The molecule has 0 N–H and O–H groups in total.